The summed E-state index contributed by atoms with van der Waals surface area (Å²) in [6, 6.07) is 13.6. The van der Waals surface area contributed by atoms with Gasteiger partial charge in [-0.15, -0.1) is 0 Å². The summed E-state index contributed by atoms with van der Waals surface area (Å²) in [5.41, 5.74) is 1.33. The van der Waals surface area contributed by atoms with Crippen LogP contribution in [0.1, 0.15) is 63.9 Å². The second-order valence-corrected chi connectivity index (χ2v) is 12.4. The number of halogens is 1. The van der Waals surface area contributed by atoms with Crippen molar-refractivity contribution in [3.63, 3.8) is 0 Å². The maximum atomic E-state index is 13.6. The first-order chi connectivity index (χ1) is 18.6. The molecule has 1 aliphatic rings. The van der Waals surface area contributed by atoms with E-state index in [1.54, 1.807) is 36.3 Å². The molecule has 0 aliphatic heterocycles. The first kappa shape index (κ1) is 30.8. The lowest BCUT2D eigenvalue weighted by Gasteiger charge is -2.33. The van der Waals surface area contributed by atoms with Crippen molar-refractivity contribution in [2.75, 3.05) is 24.2 Å². The fourth-order valence-corrected chi connectivity index (χ4v) is 6.17. The minimum Gasteiger partial charge on any atom is -0.497 e. The fraction of sp³-hybridized carbons (Fsp3) is 0.517. The molecule has 2 amide bonds. The van der Waals surface area contributed by atoms with E-state index in [9.17, 15) is 18.0 Å². The Morgan fingerprint density at radius 3 is 2.38 bits per heavy atom. The molecular weight excluding hydrogens is 538 g/mol. The van der Waals surface area contributed by atoms with Gasteiger partial charge < -0.3 is 15.0 Å². The van der Waals surface area contributed by atoms with Crippen molar-refractivity contribution in [1.82, 2.24) is 10.2 Å². The Morgan fingerprint density at radius 1 is 1.10 bits per heavy atom. The van der Waals surface area contributed by atoms with Gasteiger partial charge in [0.05, 0.1) is 19.1 Å². The van der Waals surface area contributed by atoms with Crippen LogP contribution in [0.15, 0.2) is 48.5 Å². The smallest absolute Gasteiger partial charge is 0.243 e. The molecule has 2 aromatic rings. The van der Waals surface area contributed by atoms with Crippen LogP contribution in [0.2, 0.25) is 5.02 Å². The normalized spacial score (nSPS) is 14.9. The molecule has 0 heterocycles. The lowest BCUT2D eigenvalue weighted by atomic mass is 9.95. The molecule has 8 nitrogen and oxygen atoms in total. The van der Waals surface area contributed by atoms with E-state index >= 15 is 0 Å². The van der Waals surface area contributed by atoms with Gasteiger partial charge in [0.2, 0.25) is 21.8 Å². The average Bonchev–Trinajstić information content (AvgIpc) is 2.91. The molecule has 0 aromatic heterocycles. The second kappa shape index (κ2) is 14.6. The molecular formula is C29H40ClN3O5S. The zero-order chi connectivity index (χ0) is 28.4. The van der Waals surface area contributed by atoms with Gasteiger partial charge in [-0.05, 0) is 61.6 Å². The Morgan fingerprint density at radius 2 is 1.79 bits per heavy atom. The van der Waals surface area contributed by atoms with Gasteiger partial charge in [0.1, 0.15) is 11.8 Å². The quantitative estimate of drug-likeness (QED) is 0.355. The van der Waals surface area contributed by atoms with Gasteiger partial charge in [-0.25, -0.2) is 8.42 Å². The van der Waals surface area contributed by atoms with E-state index in [0.717, 1.165) is 37.5 Å². The third-order valence-electron chi connectivity index (χ3n) is 7.10. The van der Waals surface area contributed by atoms with Crippen molar-refractivity contribution >= 4 is 39.1 Å². The summed E-state index contributed by atoms with van der Waals surface area (Å²) in [7, 11) is -1.99. The van der Waals surface area contributed by atoms with E-state index in [-0.39, 0.29) is 43.8 Å². The number of hydrogen-bond donors (Lipinski definition) is 1. The van der Waals surface area contributed by atoms with Crippen molar-refractivity contribution in [2.24, 2.45) is 0 Å². The molecule has 0 saturated heterocycles. The number of ether oxygens (including phenoxy) is 1. The van der Waals surface area contributed by atoms with Crippen LogP contribution in [0.4, 0.5) is 5.69 Å². The highest BCUT2D eigenvalue weighted by Gasteiger charge is 2.30. The predicted octanol–water partition coefficient (Wildman–Crippen LogP) is 5.15. The zero-order valence-corrected chi connectivity index (χ0v) is 24.6. The number of hydrogen-bond acceptors (Lipinski definition) is 5. The summed E-state index contributed by atoms with van der Waals surface area (Å²) in [5, 5.41) is 3.61. The third-order valence-corrected chi connectivity index (χ3v) is 8.53. The molecule has 1 fully saturated rings. The van der Waals surface area contributed by atoms with Crippen LogP contribution in [0.3, 0.4) is 0 Å². The predicted molar refractivity (Wildman–Crippen MR) is 156 cm³/mol. The molecule has 1 saturated carbocycles. The topological polar surface area (TPSA) is 96.0 Å². The van der Waals surface area contributed by atoms with E-state index in [1.807, 2.05) is 31.2 Å². The molecule has 1 atom stereocenters. The van der Waals surface area contributed by atoms with Gasteiger partial charge >= 0.3 is 0 Å². The van der Waals surface area contributed by atoms with E-state index in [1.165, 1.54) is 10.7 Å². The first-order valence-corrected chi connectivity index (χ1v) is 15.8. The first-order valence-electron chi connectivity index (χ1n) is 13.6. The lowest BCUT2D eigenvalue weighted by Crippen LogP contribution is -2.51. The number of rotatable bonds is 13. The molecule has 1 N–H and O–H groups in total. The van der Waals surface area contributed by atoms with E-state index in [2.05, 4.69) is 5.32 Å². The summed E-state index contributed by atoms with van der Waals surface area (Å²) in [6.45, 7) is 2.29. The molecule has 0 unspecified atom stereocenters. The number of carbonyl (C=O) groups is 2. The molecule has 0 radical (unpaired) electrons. The zero-order valence-electron chi connectivity index (χ0n) is 23.1. The van der Waals surface area contributed by atoms with Crippen molar-refractivity contribution in [3.05, 3.63) is 59.1 Å². The number of anilines is 1. The van der Waals surface area contributed by atoms with E-state index < -0.39 is 16.1 Å². The number of benzene rings is 2. The molecule has 2 aromatic carbocycles. The summed E-state index contributed by atoms with van der Waals surface area (Å²) in [4.78, 5) is 28.6. The van der Waals surface area contributed by atoms with Gasteiger partial charge in [0, 0.05) is 30.6 Å². The lowest BCUT2D eigenvalue weighted by molar-refractivity contribution is -0.141. The molecule has 10 heteroatoms. The largest absolute Gasteiger partial charge is 0.497 e. The fourth-order valence-electron chi connectivity index (χ4n) is 5.03. The highest BCUT2D eigenvalue weighted by Crippen LogP contribution is 2.24. The average molecular weight is 578 g/mol. The number of nitrogens with one attached hydrogen (secondary N) is 1. The minimum absolute atomic E-state index is 0.0932. The van der Waals surface area contributed by atoms with Crippen molar-refractivity contribution in [2.45, 2.75) is 76.9 Å². The van der Waals surface area contributed by atoms with Crippen molar-refractivity contribution in [3.8, 4) is 5.75 Å². The molecule has 0 bridgehead atoms. The van der Waals surface area contributed by atoms with Crippen LogP contribution in [0.5, 0.6) is 5.75 Å². The molecule has 39 heavy (non-hydrogen) atoms. The van der Waals surface area contributed by atoms with Crippen LogP contribution < -0.4 is 14.4 Å². The van der Waals surface area contributed by atoms with E-state index in [0.29, 0.717) is 22.9 Å². The molecule has 0 spiro atoms. The van der Waals surface area contributed by atoms with Gasteiger partial charge in [-0.1, -0.05) is 56.0 Å². The van der Waals surface area contributed by atoms with Crippen LogP contribution in [-0.4, -0.2) is 57.1 Å². The molecule has 1 aliphatic carbocycles. The maximum Gasteiger partial charge on any atom is 0.243 e. The Balaban J connectivity index is 1.76. The molecule has 3 rings (SSSR count). The number of nitrogens with zero attached hydrogens (tertiary/aromatic N) is 2. The second-order valence-electron chi connectivity index (χ2n) is 10.1. The van der Waals surface area contributed by atoms with Gasteiger partial charge in [0.25, 0.3) is 0 Å². The van der Waals surface area contributed by atoms with Crippen LogP contribution in [0.25, 0.3) is 0 Å². The summed E-state index contributed by atoms with van der Waals surface area (Å²) < 4.78 is 31.5. The van der Waals surface area contributed by atoms with Crippen molar-refractivity contribution < 1.29 is 22.7 Å². The Labute approximate surface area is 237 Å². The Bertz CT molecular complexity index is 1200. The Kier molecular flexibility index (Phi) is 11.5. The van der Waals surface area contributed by atoms with Crippen LogP contribution >= 0.6 is 11.6 Å². The SMILES string of the molecule is CC[C@@H](C(=O)NC1CCCCC1)N(Cc1ccc(OC)cc1)C(=O)CCCN(c1cccc(Cl)c1)S(C)(=O)=O. The van der Waals surface area contributed by atoms with Gasteiger partial charge in [-0.3, -0.25) is 13.9 Å². The van der Waals surface area contributed by atoms with Crippen molar-refractivity contribution in [1.29, 1.82) is 0 Å². The number of methoxy groups -OCH3 is 1. The summed E-state index contributed by atoms with van der Waals surface area (Å²) in [6.07, 6.45) is 7.28. The highest BCUT2D eigenvalue weighted by atomic mass is 35.5. The summed E-state index contributed by atoms with van der Waals surface area (Å²) >= 11 is 6.08. The maximum absolute atomic E-state index is 13.6. The standard InChI is InChI=1S/C29H40ClN3O5S/c1-4-27(29(35)31-24-11-6-5-7-12-24)32(21-22-15-17-26(38-2)18-16-22)28(34)14-9-19-33(39(3,36)37)25-13-8-10-23(30)20-25/h8,10,13,15-18,20,24,27H,4-7,9,11-12,14,19,21H2,1-3H3,(H,31,35)/t27-/m0/s1. The van der Waals surface area contributed by atoms with Crippen LogP contribution in [0, 0.1) is 0 Å². The minimum atomic E-state index is -3.59. The number of sulfonamides is 1. The van der Waals surface area contributed by atoms with Gasteiger partial charge in [-0.2, -0.15) is 0 Å². The number of carbonyl (C=O) groups excluding carboxylic acids is 2. The number of amides is 2. The monoisotopic (exact) mass is 577 g/mol. The van der Waals surface area contributed by atoms with Gasteiger partial charge in [0.15, 0.2) is 0 Å². The van der Waals surface area contributed by atoms with Crippen LogP contribution in [-0.2, 0) is 26.2 Å². The third kappa shape index (κ3) is 9.14. The Hall–Kier alpha value is -2.78. The highest BCUT2D eigenvalue weighted by molar-refractivity contribution is 7.92. The summed E-state index contributed by atoms with van der Waals surface area (Å²) in [5.74, 6) is 0.375. The van der Waals surface area contributed by atoms with E-state index in [4.69, 9.17) is 16.3 Å². The molecule has 214 valence electrons.